The third kappa shape index (κ3) is 4.51. The number of amides is 1. The third-order valence-electron chi connectivity index (χ3n) is 5.68. The summed E-state index contributed by atoms with van der Waals surface area (Å²) >= 11 is 0. The number of hydrogen-bond donors (Lipinski definition) is 1. The van der Waals surface area contributed by atoms with E-state index in [0.29, 0.717) is 43.1 Å². The summed E-state index contributed by atoms with van der Waals surface area (Å²) in [6, 6.07) is 11.1. The van der Waals surface area contributed by atoms with E-state index in [0.717, 1.165) is 10.9 Å². The Bertz CT molecular complexity index is 1170. The highest BCUT2D eigenvalue weighted by Gasteiger charge is 2.25. The maximum atomic E-state index is 12.8. The molecule has 0 atom stereocenters. The molecule has 0 radical (unpaired) electrons. The number of hydrogen-bond acceptors (Lipinski definition) is 5. The number of pyridine rings is 1. The number of fused-ring (bicyclic) bond motifs is 1. The predicted molar refractivity (Wildman–Crippen MR) is 120 cm³/mol. The van der Waals surface area contributed by atoms with Crippen molar-refractivity contribution in [2.45, 2.75) is 25.9 Å². The molecule has 1 fully saturated rings. The zero-order valence-corrected chi connectivity index (χ0v) is 18.4. The number of carbonyl (C=O) groups excluding carboxylic acids is 1. The molecule has 2 aromatic heterocycles. The van der Waals surface area contributed by atoms with Crippen molar-refractivity contribution >= 4 is 32.5 Å². The van der Waals surface area contributed by atoms with E-state index in [2.05, 4.69) is 9.97 Å². The Labute approximate surface area is 181 Å². The number of aromatic amines is 1. The lowest BCUT2D eigenvalue weighted by Crippen LogP contribution is -2.41. The molecule has 1 aliphatic rings. The highest BCUT2D eigenvalue weighted by atomic mass is 32.2. The SMILES string of the molecule is CCS(=O)(=O)N(C)c1ccc(OC2CCN(C(=O)c3ccc4cc[nH]c4c3)CC2)nc1. The van der Waals surface area contributed by atoms with Crippen LogP contribution >= 0.6 is 0 Å². The molecule has 1 aliphatic heterocycles. The molecule has 4 rings (SSSR count). The van der Waals surface area contributed by atoms with Gasteiger partial charge in [0.1, 0.15) is 6.10 Å². The Morgan fingerprint density at radius 1 is 1.23 bits per heavy atom. The number of likely N-dealkylation sites (tertiary alicyclic amines) is 1. The van der Waals surface area contributed by atoms with E-state index in [4.69, 9.17) is 4.74 Å². The van der Waals surface area contributed by atoms with E-state index in [9.17, 15) is 13.2 Å². The average molecular weight is 443 g/mol. The summed E-state index contributed by atoms with van der Waals surface area (Å²) in [6.07, 6.45) is 4.75. The minimum atomic E-state index is -3.32. The smallest absolute Gasteiger partial charge is 0.253 e. The van der Waals surface area contributed by atoms with Gasteiger partial charge in [0, 0.05) is 56.3 Å². The van der Waals surface area contributed by atoms with Crippen molar-refractivity contribution in [1.29, 1.82) is 0 Å². The van der Waals surface area contributed by atoms with Crippen LogP contribution < -0.4 is 9.04 Å². The molecule has 9 heteroatoms. The molecule has 0 spiro atoms. The van der Waals surface area contributed by atoms with Gasteiger partial charge >= 0.3 is 0 Å². The summed E-state index contributed by atoms with van der Waals surface area (Å²) in [4.78, 5) is 22.1. The number of piperidine rings is 1. The minimum absolute atomic E-state index is 0.0256. The zero-order valence-electron chi connectivity index (χ0n) is 17.6. The van der Waals surface area contributed by atoms with Crippen LogP contribution in [-0.2, 0) is 10.0 Å². The van der Waals surface area contributed by atoms with Crippen LogP contribution in [0.5, 0.6) is 5.88 Å². The summed E-state index contributed by atoms with van der Waals surface area (Å²) < 4.78 is 31.1. The van der Waals surface area contributed by atoms with Crippen LogP contribution in [0.25, 0.3) is 10.9 Å². The molecule has 3 heterocycles. The second-order valence-corrected chi connectivity index (χ2v) is 9.90. The topological polar surface area (TPSA) is 95.6 Å². The van der Waals surface area contributed by atoms with Crippen LogP contribution in [0, 0.1) is 0 Å². The van der Waals surface area contributed by atoms with Gasteiger partial charge in [0.25, 0.3) is 5.91 Å². The standard InChI is InChI=1S/C22H26N4O4S/c1-3-31(28,29)25(2)18-6-7-21(24-15-18)30-19-9-12-26(13-10-19)22(27)17-5-4-16-8-11-23-20(16)14-17/h4-8,11,14-15,19,23H,3,9-10,12-13H2,1-2H3. The molecule has 0 unspecified atom stereocenters. The predicted octanol–water partition coefficient (Wildman–Crippen LogP) is 3.03. The summed E-state index contributed by atoms with van der Waals surface area (Å²) in [7, 11) is -1.81. The maximum Gasteiger partial charge on any atom is 0.253 e. The number of nitrogens with zero attached hydrogens (tertiary/aromatic N) is 3. The third-order valence-corrected chi connectivity index (χ3v) is 7.46. The van der Waals surface area contributed by atoms with E-state index in [-0.39, 0.29) is 17.8 Å². The molecule has 0 saturated carbocycles. The second-order valence-electron chi connectivity index (χ2n) is 7.61. The van der Waals surface area contributed by atoms with Crippen LogP contribution in [0.3, 0.4) is 0 Å². The summed E-state index contributed by atoms with van der Waals surface area (Å²) in [6.45, 7) is 2.83. The summed E-state index contributed by atoms with van der Waals surface area (Å²) in [5.74, 6) is 0.503. The monoisotopic (exact) mass is 442 g/mol. The van der Waals surface area contributed by atoms with E-state index in [1.165, 1.54) is 17.5 Å². The molecular weight excluding hydrogens is 416 g/mol. The van der Waals surface area contributed by atoms with Crippen molar-refractivity contribution in [1.82, 2.24) is 14.9 Å². The van der Waals surface area contributed by atoms with Crippen molar-refractivity contribution in [3.63, 3.8) is 0 Å². The van der Waals surface area contributed by atoms with Gasteiger partial charge in [0.15, 0.2) is 0 Å². The van der Waals surface area contributed by atoms with E-state index < -0.39 is 10.0 Å². The van der Waals surface area contributed by atoms with Crippen LogP contribution in [0.2, 0.25) is 0 Å². The molecule has 164 valence electrons. The van der Waals surface area contributed by atoms with Gasteiger partial charge in [-0.15, -0.1) is 0 Å². The summed E-state index contributed by atoms with van der Waals surface area (Å²) in [5, 5.41) is 1.08. The van der Waals surface area contributed by atoms with Crippen molar-refractivity contribution in [3.05, 3.63) is 54.4 Å². The van der Waals surface area contributed by atoms with Crippen molar-refractivity contribution in [3.8, 4) is 5.88 Å². The van der Waals surface area contributed by atoms with Crippen molar-refractivity contribution in [2.24, 2.45) is 0 Å². The highest BCUT2D eigenvalue weighted by molar-refractivity contribution is 7.92. The molecule has 3 aromatic rings. The molecule has 1 N–H and O–H groups in total. The van der Waals surface area contributed by atoms with E-state index in [1.807, 2.05) is 35.4 Å². The van der Waals surface area contributed by atoms with Gasteiger partial charge in [-0.2, -0.15) is 0 Å². The second kappa shape index (κ2) is 8.58. The number of anilines is 1. The van der Waals surface area contributed by atoms with Gasteiger partial charge in [-0.1, -0.05) is 6.07 Å². The number of sulfonamides is 1. The number of H-pyrrole nitrogens is 1. The van der Waals surface area contributed by atoms with Crippen LogP contribution in [0.1, 0.15) is 30.1 Å². The average Bonchev–Trinajstić information content (AvgIpc) is 3.27. The quantitative estimate of drug-likeness (QED) is 0.633. The fourth-order valence-electron chi connectivity index (χ4n) is 3.69. The van der Waals surface area contributed by atoms with Gasteiger partial charge in [-0.25, -0.2) is 13.4 Å². The first kappa shape index (κ1) is 21.2. The molecular formula is C22H26N4O4S. The summed E-state index contributed by atoms with van der Waals surface area (Å²) in [5.41, 5.74) is 2.13. The molecule has 31 heavy (non-hydrogen) atoms. The van der Waals surface area contributed by atoms with E-state index >= 15 is 0 Å². The van der Waals surface area contributed by atoms with Crippen molar-refractivity contribution in [2.75, 3.05) is 30.2 Å². The van der Waals surface area contributed by atoms with E-state index in [1.54, 1.807) is 19.1 Å². The van der Waals surface area contributed by atoms with Gasteiger partial charge in [-0.3, -0.25) is 9.10 Å². The molecule has 8 nitrogen and oxygen atoms in total. The first-order valence-corrected chi connectivity index (χ1v) is 11.9. The van der Waals surface area contributed by atoms with Crippen LogP contribution in [0.15, 0.2) is 48.8 Å². The number of aromatic nitrogens is 2. The number of nitrogens with one attached hydrogen (secondary N) is 1. The maximum absolute atomic E-state index is 12.8. The largest absolute Gasteiger partial charge is 0.474 e. The Morgan fingerprint density at radius 2 is 2.00 bits per heavy atom. The minimum Gasteiger partial charge on any atom is -0.474 e. The first-order chi connectivity index (χ1) is 14.9. The van der Waals surface area contributed by atoms with Gasteiger partial charge in [0.05, 0.1) is 17.6 Å². The molecule has 0 bridgehead atoms. The van der Waals surface area contributed by atoms with Crippen molar-refractivity contribution < 1.29 is 17.9 Å². The van der Waals surface area contributed by atoms with Gasteiger partial charge < -0.3 is 14.6 Å². The fraction of sp³-hybridized carbons (Fsp3) is 0.364. The fourth-order valence-corrected chi connectivity index (χ4v) is 4.51. The Hall–Kier alpha value is -3.07. The van der Waals surface area contributed by atoms with Crippen LogP contribution in [0.4, 0.5) is 5.69 Å². The lowest BCUT2D eigenvalue weighted by atomic mass is 10.1. The number of ether oxygens (including phenoxy) is 1. The normalized spacial score (nSPS) is 15.2. The van der Waals surface area contributed by atoms with Gasteiger partial charge in [-0.05, 0) is 36.6 Å². The number of benzene rings is 1. The zero-order chi connectivity index (χ0) is 22.0. The molecule has 0 aliphatic carbocycles. The first-order valence-electron chi connectivity index (χ1n) is 10.3. The number of carbonyl (C=O) groups is 1. The Balaban J connectivity index is 1.33. The van der Waals surface area contributed by atoms with Crippen LogP contribution in [-0.4, -0.2) is 61.2 Å². The lowest BCUT2D eigenvalue weighted by Gasteiger charge is -2.32. The molecule has 1 amide bonds. The Morgan fingerprint density at radius 3 is 2.68 bits per heavy atom. The Kier molecular flexibility index (Phi) is 5.86. The molecule has 1 saturated heterocycles. The highest BCUT2D eigenvalue weighted by Crippen LogP contribution is 2.23. The number of rotatable bonds is 6. The lowest BCUT2D eigenvalue weighted by molar-refractivity contribution is 0.0588. The molecule has 1 aromatic carbocycles. The van der Waals surface area contributed by atoms with Gasteiger partial charge in [0.2, 0.25) is 15.9 Å².